The van der Waals surface area contributed by atoms with Gasteiger partial charge in [0.2, 0.25) is 0 Å². The molecule has 0 fully saturated rings. The quantitative estimate of drug-likeness (QED) is 0.573. The van der Waals surface area contributed by atoms with Gasteiger partial charge in [-0.25, -0.2) is 9.36 Å². The van der Waals surface area contributed by atoms with Gasteiger partial charge in [-0.1, -0.05) is 6.07 Å². The van der Waals surface area contributed by atoms with Crippen LogP contribution < -0.4 is 14.7 Å². The molecule has 0 saturated carbocycles. The first-order valence-corrected chi connectivity index (χ1v) is 7.06. The Hall–Kier alpha value is -1.60. The molecule has 1 rings (SSSR count). The summed E-state index contributed by atoms with van der Waals surface area (Å²) in [5.74, 6) is -0.515. The van der Waals surface area contributed by atoms with Crippen LogP contribution in [0.5, 0.6) is 11.5 Å². The largest absolute Gasteiger partial charge is 0.587 e. The van der Waals surface area contributed by atoms with Crippen molar-refractivity contribution in [3.63, 3.8) is 0 Å². The van der Waals surface area contributed by atoms with Crippen LogP contribution in [0.4, 0.5) is 0 Å². The predicted octanol–water partition coefficient (Wildman–Crippen LogP) is 1.26. The third kappa shape index (κ3) is 5.18. The molecule has 2 N–H and O–H groups in total. The minimum absolute atomic E-state index is 0.0373. The van der Waals surface area contributed by atoms with E-state index < -0.39 is 19.8 Å². The van der Waals surface area contributed by atoms with Crippen LogP contribution >= 0.6 is 7.82 Å². The van der Waals surface area contributed by atoms with Crippen molar-refractivity contribution in [2.24, 2.45) is 0 Å². The number of hydrogen-bond donors (Lipinski definition) is 2. The summed E-state index contributed by atoms with van der Waals surface area (Å²) in [6.07, 6.45) is 0. The summed E-state index contributed by atoms with van der Waals surface area (Å²) in [7, 11) is -1.84. The highest BCUT2D eigenvalue weighted by molar-refractivity contribution is 7.48. The van der Waals surface area contributed by atoms with Crippen molar-refractivity contribution in [3.8, 4) is 11.5 Å². The first-order valence-electron chi connectivity index (χ1n) is 5.56. The van der Waals surface area contributed by atoms with Crippen molar-refractivity contribution in [1.82, 2.24) is 5.48 Å². The number of benzene rings is 1. The molecule has 20 heavy (non-hydrogen) atoms. The lowest BCUT2D eigenvalue weighted by Crippen LogP contribution is -2.34. The standard InChI is InChI=1S/C11H16NO7P/c1-8(12-17-3)11(13)19-20(14,15)18-10-6-4-5-9(7-10)16-2/h4-8,12H,1-3H3,(H,14,15)/t8-/m0/s1. The maximum atomic E-state index is 11.7. The Morgan fingerprint density at radius 2 is 2.00 bits per heavy atom. The van der Waals surface area contributed by atoms with Gasteiger partial charge in [0.05, 0.1) is 14.2 Å². The third-order valence-electron chi connectivity index (χ3n) is 2.12. The molecule has 2 atom stereocenters. The second-order valence-corrected chi connectivity index (χ2v) is 5.00. The summed E-state index contributed by atoms with van der Waals surface area (Å²) >= 11 is 0. The monoisotopic (exact) mass is 305 g/mol. The maximum absolute atomic E-state index is 11.7. The Morgan fingerprint density at radius 3 is 2.60 bits per heavy atom. The number of phosphoric ester groups is 1. The van der Waals surface area contributed by atoms with E-state index in [1.54, 1.807) is 12.1 Å². The van der Waals surface area contributed by atoms with Crippen LogP contribution in [0.15, 0.2) is 24.3 Å². The van der Waals surface area contributed by atoms with Crippen molar-refractivity contribution in [1.29, 1.82) is 0 Å². The average molecular weight is 305 g/mol. The first kappa shape index (κ1) is 16.5. The van der Waals surface area contributed by atoms with E-state index >= 15 is 0 Å². The SMILES string of the molecule is CON[C@@H](C)C(=O)OP(=O)(O)Oc1cccc(OC)c1. The molecule has 112 valence electrons. The average Bonchev–Trinajstić information content (AvgIpc) is 2.38. The molecule has 0 heterocycles. The third-order valence-corrected chi connectivity index (χ3v) is 2.97. The molecular weight excluding hydrogens is 289 g/mol. The molecule has 8 nitrogen and oxygen atoms in total. The van der Waals surface area contributed by atoms with Gasteiger partial charge in [-0.05, 0) is 19.1 Å². The molecule has 1 unspecified atom stereocenters. The fraction of sp³-hybridized carbons (Fsp3) is 0.364. The smallest absolute Gasteiger partial charge is 0.497 e. The number of hydroxylamine groups is 1. The van der Waals surface area contributed by atoms with Crippen molar-refractivity contribution >= 4 is 13.8 Å². The fourth-order valence-corrected chi connectivity index (χ4v) is 2.03. The molecule has 0 amide bonds. The molecule has 0 spiro atoms. The summed E-state index contributed by atoms with van der Waals surface area (Å²) in [6.45, 7) is 1.40. The number of nitrogens with one attached hydrogen (secondary N) is 1. The van der Waals surface area contributed by atoms with Gasteiger partial charge in [-0.15, -0.1) is 0 Å². The molecule has 0 aromatic heterocycles. The van der Waals surface area contributed by atoms with Crippen LogP contribution in [0.3, 0.4) is 0 Å². The highest BCUT2D eigenvalue weighted by atomic mass is 31.2. The van der Waals surface area contributed by atoms with Crippen LogP contribution in [-0.4, -0.2) is 31.1 Å². The Kier molecular flexibility index (Phi) is 5.97. The second kappa shape index (κ2) is 7.25. The van der Waals surface area contributed by atoms with Crippen LogP contribution in [-0.2, 0) is 18.7 Å². The molecule has 0 radical (unpaired) electrons. The zero-order valence-corrected chi connectivity index (χ0v) is 12.1. The van der Waals surface area contributed by atoms with Crippen molar-refractivity contribution in [2.45, 2.75) is 13.0 Å². The van der Waals surface area contributed by atoms with Gasteiger partial charge in [0.1, 0.15) is 17.5 Å². The van der Waals surface area contributed by atoms with E-state index in [1.807, 2.05) is 0 Å². The topological polar surface area (TPSA) is 103 Å². The number of methoxy groups -OCH3 is 1. The number of ether oxygens (including phenoxy) is 1. The summed E-state index contributed by atoms with van der Waals surface area (Å²) in [5.41, 5.74) is 2.27. The molecule has 0 aliphatic rings. The zero-order chi connectivity index (χ0) is 15.2. The lowest BCUT2D eigenvalue weighted by Gasteiger charge is -2.15. The van der Waals surface area contributed by atoms with Gasteiger partial charge in [0, 0.05) is 6.07 Å². The normalized spacial score (nSPS) is 15.0. The fourth-order valence-electron chi connectivity index (χ4n) is 1.23. The summed E-state index contributed by atoms with van der Waals surface area (Å²) in [4.78, 5) is 25.5. The van der Waals surface area contributed by atoms with Gasteiger partial charge < -0.3 is 18.6 Å². The molecule has 9 heteroatoms. The van der Waals surface area contributed by atoms with Crippen LogP contribution in [0.2, 0.25) is 0 Å². The van der Waals surface area contributed by atoms with Crippen molar-refractivity contribution in [3.05, 3.63) is 24.3 Å². The van der Waals surface area contributed by atoms with Crippen molar-refractivity contribution in [2.75, 3.05) is 14.2 Å². The highest BCUT2D eigenvalue weighted by Crippen LogP contribution is 2.44. The number of hydrogen-bond acceptors (Lipinski definition) is 7. The second-order valence-electron chi connectivity index (χ2n) is 3.69. The molecular formula is C11H16NO7P. The molecule has 1 aromatic carbocycles. The predicted molar refractivity (Wildman–Crippen MR) is 69.1 cm³/mol. The minimum atomic E-state index is -4.58. The van der Waals surface area contributed by atoms with E-state index in [-0.39, 0.29) is 5.75 Å². The summed E-state index contributed by atoms with van der Waals surface area (Å²) in [5, 5.41) is 0. The number of phosphoric acid groups is 1. The van der Waals surface area contributed by atoms with Crippen molar-refractivity contribution < 1.29 is 32.9 Å². The van der Waals surface area contributed by atoms with E-state index in [0.29, 0.717) is 5.75 Å². The van der Waals surface area contributed by atoms with E-state index in [4.69, 9.17) is 9.26 Å². The number of carbonyl (C=O) groups is 1. The van der Waals surface area contributed by atoms with Gasteiger partial charge in [0.15, 0.2) is 0 Å². The zero-order valence-electron chi connectivity index (χ0n) is 11.2. The van der Waals surface area contributed by atoms with E-state index in [9.17, 15) is 14.3 Å². The van der Waals surface area contributed by atoms with E-state index in [0.717, 1.165) is 0 Å². The Labute approximate surface area is 116 Å². The van der Waals surface area contributed by atoms with Gasteiger partial charge in [-0.3, -0.25) is 4.89 Å². The highest BCUT2D eigenvalue weighted by Gasteiger charge is 2.30. The van der Waals surface area contributed by atoms with Gasteiger partial charge in [0.25, 0.3) is 0 Å². The van der Waals surface area contributed by atoms with E-state index in [1.165, 1.54) is 33.3 Å². The van der Waals surface area contributed by atoms with Gasteiger partial charge in [-0.2, -0.15) is 5.48 Å². The summed E-state index contributed by atoms with van der Waals surface area (Å²) < 4.78 is 25.8. The van der Waals surface area contributed by atoms with Crippen LogP contribution in [0.25, 0.3) is 0 Å². The Bertz CT molecular complexity index is 507. The molecule has 0 aliphatic heterocycles. The lowest BCUT2D eigenvalue weighted by atomic mass is 10.3. The maximum Gasteiger partial charge on any atom is 0.587 e. The lowest BCUT2D eigenvalue weighted by molar-refractivity contribution is -0.140. The van der Waals surface area contributed by atoms with Crippen LogP contribution in [0.1, 0.15) is 6.92 Å². The molecule has 0 bridgehead atoms. The minimum Gasteiger partial charge on any atom is -0.497 e. The number of rotatable bonds is 7. The van der Waals surface area contributed by atoms with E-state index in [2.05, 4.69) is 14.8 Å². The van der Waals surface area contributed by atoms with Gasteiger partial charge >= 0.3 is 13.8 Å². The Morgan fingerprint density at radius 1 is 1.35 bits per heavy atom. The number of carbonyl (C=O) groups excluding carboxylic acids is 1. The molecule has 1 aromatic rings. The Balaban J connectivity index is 2.69. The molecule has 0 saturated heterocycles. The van der Waals surface area contributed by atoms with Crippen LogP contribution in [0, 0.1) is 0 Å². The summed E-state index contributed by atoms with van der Waals surface area (Å²) in [6, 6.07) is 5.08. The molecule has 0 aliphatic carbocycles. The first-order chi connectivity index (χ1) is 9.38.